The Labute approximate surface area is 151 Å². The van der Waals surface area contributed by atoms with Crippen LogP contribution in [0.2, 0.25) is 0 Å². The van der Waals surface area contributed by atoms with Gasteiger partial charge in [0.1, 0.15) is 11.4 Å². The lowest BCUT2D eigenvalue weighted by Crippen LogP contribution is -2.30. The summed E-state index contributed by atoms with van der Waals surface area (Å²) in [5.41, 5.74) is 1.18. The van der Waals surface area contributed by atoms with Gasteiger partial charge in [0.25, 0.3) is 5.91 Å². The largest absolute Gasteiger partial charge is 0.494 e. The number of anilines is 1. The summed E-state index contributed by atoms with van der Waals surface area (Å²) in [6.07, 6.45) is 0.550. The Bertz CT molecular complexity index is 808. The molecule has 0 saturated carbocycles. The Morgan fingerprint density at radius 1 is 1.19 bits per heavy atom. The summed E-state index contributed by atoms with van der Waals surface area (Å²) in [4.78, 5) is 35.8. The van der Waals surface area contributed by atoms with Gasteiger partial charge in [0.15, 0.2) is 11.9 Å². The zero-order valence-corrected chi connectivity index (χ0v) is 15.2. The predicted octanol–water partition coefficient (Wildman–Crippen LogP) is 2.81. The normalized spacial score (nSPS) is 11.5. The molecule has 0 bridgehead atoms. The van der Waals surface area contributed by atoms with Gasteiger partial charge in [-0.25, -0.2) is 4.79 Å². The van der Waals surface area contributed by atoms with E-state index in [2.05, 4.69) is 5.32 Å². The molecule has 7 nitrogen and oxygen atoms in total. The molecule has 0 fully saturated rings. The number of esters is 1. The second-order valence-electron chi connectivity index (χ2n) is 5.78. The smallest absolute Gasteiger partial charge is 0.355 e. The lowest BCUT2D eigenvalue weighted by molar-refractivity contribution is -0.123. The van der Waals surface area contributed by atoms with E-state index < -0.39 is 18.0 Å². The van der Waals surface area contributed by atoms with Crippen molar-refractivity contribution in [2.45, 2.75) is 26.9 Å². The van der Waals surface area contributed by atoms with Gasteiger partial charge in [-0.1, -0.05) is 0 Å². The summed E-state index contributed by atoms with van der Waals surface area (Å²) in [7, 11) is 1.63. The van der Waals surface area contributed by atoms with Gasteiger partial charge in [-0.3, -0.25) is 9.59 Å². The highest BCUT2D eigenvalue weighted by Gasteiger charge is 2.22. The molecule has 0 saturated heterocycles. The molecule has 1 amide bonds. The van der Waals surface area contributed by atoms with Crippen LogP contribution in [-0.4, -0.2) is 34.9 Å². The van der Waals surface area contributed by atoms with Crippen LogP contribution in [0.3, 0.4) is 0 Å². The Kier molecular flexibility index (Phi) is 6.16. The third-order valence-corrected chi connectivity index (χ3v) is 3.71. The molecule has 0 aliphatic rings. The fraction of sp³-hybridized carbons (Fsp3) is 0.316. The Morgan fingerprint density at radius 3 is 2.38 bits per heavy atom. The number of hydrogen-bond acceptors (Lipinski definition) is 5. The summed E-state index contributed by atoms with van der Waals surface area (Å²) in [5, 5.41) is 2.67. The third kappa shape index (κ3) is 4.72. The lowest BCUT2D eigenvalue weighted by atomic mass is 10.2. The van der Waals surface area contributed by atoms with Crippen LogP contribution < -0.4 is 10.1 Å². The van der Waals surface area contributed by atoms with Gasteiger partial charge in [0.2, 0.25) is 0 Å². The van der Waals surface area contributed by atoms with E-state index in [1.807, 2.05) is 6.92 Å². The Morgan fingerprint density at radius 2 is 1.85 bits per heavy atom. The van der Waals surface area contributed by atoms with Crippen LogP contribution in [0.4, 0.5) is 5.69 Å². The van der Waals surface area contributed by atoms with Crippen molar-refractivity contribution in [3.05, 3.63) is 47.8 Å². The average Bonchev–Trinajstić information content (AvgIpc) is 2.99. The second-order valence-corrected chi connectivity index (χ2v) is 5.78. The fourth-order valence-corrected chi connectivity index (χ4v) is 2.28. The molecule has 7 heteroatoms. The van der Waals surface area contributed by atoms with Crippen LogP contribution in [0.15, 0.2) is 36.5 Å². The molecule has 0 spiro atoms. The molecule has 1 atom stereocenters. The van der Waals surface area contributed by atoms with Crippen molar-refractivity contribution in [2.75, 3.05) is 11.9 Å². The first-order chi connectivity index (χ1) is 12.3. The standard InChI is InChI=1S/C19H22N2O5/c1-5-25-16-8-6-15(7-9-16)20-18(23)13(3)26-19(24)17-10-14(12(2)22)11-21(17)4/h6-11,13H,5H2,1-4H3,(H,20,23)/t13-/m0/s1. The molecule has 0 aliphatic heterocycles. The predicted molar refractivity (Wildman–Crippen MR) is 96.5 cm³/mol. The first kappa shape index (κ1) is 19.2. The molecule has 26 heavy (non-hydrogen) atoms. The minimum atomic E-state index is -0.996. The minimum absolute atomic E-state index is 0.152. The molecule has 2 aromatic rings. The maximum atomic E-state index is 12.2. The maximum Gasteiger partial charge on any atom is 0.355 e. The van der Waals surface area contributed by atoms with Crippen LogP contribution in [0.5, 0.6) is 5.75 Å². The number of amides is 1. The van der Waals surface area contributed by atoms with Crippen LogP contribution in [0.1, 0.15) is 41.6 Å². The number of carbonyl (C=O) groups excluding carboxylic acids is 3. The van der Waals surface area contributed by atoms with E-state index >= 15 is 0 Å². The first-order valence-electron chi connectivity index (χ1n) is 8.23. The van der Waals surface area contributed by atoms with Crippen LogP contribution in [0.25, 0.3) is 0 Å². The second kappa shape index (κ2) is 8.33. The van der Waals surface area contributed by atoms with Crippen molar-refractivity contribution in [1.82, 2.24) is 4.57 Å². The number of ether oxygens (including phenoxy) is 2. The van der Waals surface area contributed by atoms with Gasteiger partial charge in [0.05, 0.1) is 6.61 Å². The first-order valence-corrected chi connectivity index (χ1v) is 8.23. The Balaban J connectivity index is 1.97. The minimum Gasteiger partial charge on any atom is -0.494 e. The van der Waals surface area contributed by atoms with E-state index in [9.17, 15) is 14.4 Å². The third-order valence-electron chi connectivity index (χ3n) is 3.71. The Hall–Kier alpha value is -3.09. The number of aryl methyl sites for hydroxylation is 1. The zero-order chi connectivity index (χ0) is 19.3. The van der Waals surface area contributed by atoms with Crippen molar-refractivity contribution in [2.24, 2.45) is 7.05 Å². The SMILES string of the molecule is CCOc1ccc(NC(=O)[C@H](C)OC(=O)c2cc(C(C)=O)cn2C)cc1. The molecule has 1 N–H and O–H groups in total. The molecule has 1 aromatic carbocycles. The quantitative estimate of drug-likeness (QED) is 0.607. The van der Waals surface area contributed by atoms with Gasteiger partial charge < -0.3 is 19.4 Å². The summed E-state index contributed by atoms with van der Waals surface area (Å²) < 4.78 is 12.0. The molecular formula is C19H22N2O5. The number of benzene rings is 1. The van der Waals surface area contributed by atoms with Crippen molar-refractivity contribution < 1.29 is 23.9 Å². The molecular weight excluding hydrogens is 336 g/mol. The van der Waals surface area contributed by atoms with E-state index in [1.165, 1.54) is 24.5 Å². The molecule has 0 aliphatic carbocycles. The van der Waals surface area contributed by atoms with E-state index in [0.717, 1.165) is 0 Å². The van der Waals surface area contributed by atoms with E-state index in [1.54, 1.807) is 37.5 Å². The van der Waals surface area contributed by atoms with Gasteiger partial charge in [-0.05, 0) is 51.1 Å². The van der Waals surface area contributed by atoms with E-state index in [4.69, 9.17) is 9.47 Å². The summed E-state index contributed by atoms with van der Waals surface area (Å²) >= 11 is 0. The number of rotatable bonds is 7. The molecule has 0 radical (unpaired) electrons. The van der Waals surface area contributed by atoms with Crippen molar-refractivity contribution in [1.29, 1.82) is 0 Å². The molecule has 138 valence electrons. The van der Waals surface area contributed by atoms with Crippen molar-refractivity contribution in [3.63, 3.8) is 0 Å². The van der Waals surface area contributed by atoms with Crippen molar-refractivity contribution >= 4 is 23.3 Å². The number of ketones is 1. The van der Waals surface area contributed by atoms with Crippen molar-refractivity contribution in [3.8, 4) is 5.75 Å². The number of nitrogens with zero attached hydrogens (tertiary/aromatic N) is 1. The van der Waals surface area contributed by atoms with E-state index in [-0.39, 0.29) is 11.5 Å². The summed E-state index contributed by atoms with van der Waals surface area (Å²) in [6.45, 7) is 5.34. The highest BCUT2D eigenvalue weighted by molar-refractivity contribution is 5.99. The number of nitrogens with one attached hydrogen (secondary N) is 1. The number of hydrogen-bond donors (Lipinski definition) is 1. The lowest BCUT2D eigenvalue weighted by Gasteiger charge is -2.14. The maximum absolute atomic E-state index is 12.2. The monoisotopic (exact) mass is 358 g/mol. The highest BCUT2D eigenvalue weighted by Crippen LogP contribution is 2.16. The van der Waals surface area contributed by atoms with Gasteiger partial charge in [0, 0.05) is 24.5 Å². The van der Waals surface area contributed by atoms with Gasteiger partial charge in [-0.15, -0.1) is 0 Å². The van der Waals surface area contributed by atoms with Gasteiger partial charge >= 0.3 is 5.97 Å². The number of Topliss-reactive ketones (excluding diaryl/α,β-unsaturated/α-hetero) is 1. The van der Waals surface area contributed by atoms with Gasteiger partial charge in [-0.2, -0.15) is 0 Å². The summed E-state index contributed by atoms with van der Waals surface area (Å²) in [5.74, 6) is -0.575. The molecule has 1 heterocycles. The summed E-state index contributed by atoms with van der Waals surface area (Å²) in [6, 6.07) is 8.33. The number of carbonyl (C=O) groups is 3. The number of aromatic nitrogens is 1. The van der Waals surface area contributed by atoms with Crippen LogP contribution in [0, 0.1) is 0 Å². The molecule has 2 rings (SSSR count). The molecule has 0 unspecified atom stereocenters. The highest BCUT2D eigenvalue weighted by atomic mass is 16.5. The zero-order valence-electron chi connectivity index (χ0n) is 15.2. The topological polar surface area (TPSA) is 86.6 Å². The van der Waals surface area contributed by atoms with Crippen LogP contribution >= 0.6 is 0 Å². The average molecular weight is 358 g/mol. The fourth-order valence-electron chi connectivity index (χ4n) is 2.28. The molecule has 1 aromatic heterocycles. The van der Waals surface area contributed by atoms with Crippen LogP contribution in [-0.2, 0) is 16.6 Å². The van der Waals surface area contributed by atoms with E-state index in [0.29, 0.717) is 23.6 Å².